The average molecular weight is 537 g/mol. The lowest BCUT2D eigenvalue weighted by Gasteiger charge is -2.28. The standard InChI is InChI=1S/C16H21N3O2.C7H13NO3S.C4H10/c20-15-6-5-14(18-15)16(21)17-8-10-19-9-7-12-3-1-2-4-13(12)11-19;1-11-7(10)6(8-5-9)3-4-12-2;1-3-4-2/h1-4,14H,5-11H2,(H,17,21)(H,18,20);5-6H,3-4H2,1-2H3,(H,8,9);3-4H2,1-2H3/t14-;6-;/m00./s1. The van der Waals surface area contributed by atoms with Gasteiger partial charge >= 0.3 is 5.97 Å². The number of unbranched alkanes of at least 4 members (excludes halogenated alkanes) is 1. The van der Waals surface area contributed by atoms with E-state index in [1.54, 1.807) is 11.8 Å². The van der Waals surface area contributed by atoms with E-state index in [1.165, 1.54) is 31.1 Å². The van der Waals surface area contributed by atoms with Crippen molar-refractivity contribution in [3.63, 3.8) is 0 Å². The average Bonchev–Trinajstić information content (AvgIpc) is 3.37. The Kier molecular flexibility index (Phi) is 17.1. The van der Waals surface area contributed by atoms with Crippen molar-refractivity contribution in [2.24, 2.45) is 0 Å². The van der Waals surface area contributed by atoms with Crippen LogP contribution in [-0.4, -0.2) is 79.9 Å². The molecule has 37 heavy (non-hydrogen) atoms. The Morgan fingerprint density at radius 2 is 1.92 bits per heavy atom. The molecule has 0 aromatic heterocycles. The van der Waals surface area contributed by atoms with Crippen molar-refractivity contribution in [2.75, 3.05) is 38.8 Å². The molecule has 0 unspecified atom stereocenters. The predicted octanol–water partition coefficient (Wildman–Crippen LogP) is 2.27. The quantitative estimate of drug-likeness (QED) is 0.293. The Bertz CT molecular complexity index is 837. The maximum Gasteiger partial charge on any atom is 0.328 e. The monoisotopic (exact) mass is 536 g/mol. The van der Waals surface area contributed by atoms with Crippen LogP contribution in [0.2, 0.25) is 0 Å². The fraction of sp³-hybridized carbons (Fsp3) is 0.630. The highest BCUT2D eigenvalue weighted by Crippen LogP contribution is 2.17. The van der Waals surface area contributed by atoms with Gasteiger partial charge in [-0.1, -0.05) is 51.0 Å². The van der Waals surface area contributed by atoms with Crippen LogP contribution in [0.25, 0.3) is 0 Å². The lowest BCUT2D eigenvalue weighted by Crippen LogP contribution is -2.44. The number of carbonyl (C=O) groups excluding carboxylic acids is 4. The largest absolute Gasteiger partial charge is 0.467 e. The van der Waals surface area contributed by atoms with Gasteiger partial charge in [0.1, 0.15) is 12.1 Å². The molecular weight excluding hydrogens is 492 g/mol. The molecule has 1 aromatic rings. The summed E-state index contributed by atoms with van der Waals surface area (Å²) in [7, 11) is 1.31. The minimum Gasteiger partial charge on any atom is -0.467 e. The molecule has 0 bridgehead atoms. The molecule has 208 valence electrons. The van der Waals surface area contributed by atoms with E-state index in [0.29, 0.717) is 32.2 Å². The molecule has 0 saturated carbocycles. The van der Waals surface area contributed by atoms with Crippen molar-refractivity contribution < 1.29 is 23.9 Å². The number of hydrogen-bond donors (Lipinski definition) is 3. The highest BCUT2D eigenvalue weighted by Gasteiger charge is 2.27. The van der Waals surface area contributed by atoms with Crippen molar-refractivity contribution >= 4 is 36.0 Å². The Morgan fingerprint density at radius 3 is 2.49 bits per heavy atom. The summed E-state index contributed by atoms with van der Waals surface area (Å²) >= 11 is 1.62. The van der Waals surface area contributed by atoms with Gasteiger partial charge in [-0.2, -0.15) is 11.8 Å². The molecule has 2 heterocycles. The van der Waals surface area contributed by atoms with Gasteiger partial charge in [-0.05, 0) is 42.4 Å². The number of thioether (sulfide) groups is 1. The third-order valence-electron chi connectivity index (χ3n) is 6.11. The molecular formula is C27H44N4O5S. The second kappa shape index (κ2) is 19.5. The highest BCUT2D eigenvalue weighted by atomic mass is 32.2. The minimum atomic E-state index is -0.500. The van der Waals surface area contributed by atoms with Crippen molar-refractivity contribution in [3.05, 3.63) is 35.4 Å². The van der Waals surface area contributed by atoms with E-state index in [4.69, 9.17) is 0 Å². The van der Waals surface area contributed by atoms with Crippen LogP contribution >= 0.6 is 11.8 Å². The zero-order valence-electron chi connectivity index (χ0n) is 22.7. The molecule has 9 nitrogen and oxygen atoms in total. The van der Waals surface area contributed by atoms with E-state index in [1.807, 2.05) is 6.26 Å². The van der Waals surface area contributed by atoms with Gasteiger partial charge in [0.25, 0.3) is 0 Å². The Morgan fingerprint density at radius 1 is 1.22 bits per heavy atom. The minimum absolute atomic E-state index is 0.0252. The molecule has 10 heteroatoms. The first kappa shape index (κ1) is 32.4. The number of nitrogens with zero attached hydrogens (tertiary/aromatic N) is 1. The van der Waals surface area contributed by atoms with Crippen LogP contribution in [0, 0.1) is 0 Å². The summed E-state index contributed by atoms with van der Waals surface area (Å²) in [5.74, 6) is 0.345. The third kappa shape index (κ3) is 13.0. The van der Waals surface area contributed by atoms with Crippen LogP contribution in [0.3, 0.4) is 0 Å². The molecule has 2 atom stereocenters. The van der Waals surface area contributed by atoms with Gasteiger partial charge in [-0.15, -0.1) is 0 Å². The van der Waals surface area contributed by atoms with Crippen LogP contribution in [0.1, 0.15) is 57.1 Å². The van der Waals surface area contributed by atoms with E-state index in [2.05, 4.69) is 63.7 Å². The number of fused-ring (bicyclic) bond motifs is 1. The van der Waals surface area contributed by atoms with E-state index in [-0.39, 0.29) is 17.9 Å². The Balaban J connectivity index is 0.000000364. The number of carbonyl (C=O) groups is 4. The van der Waals surface area contributed by atoms with E-state index >= 15 is 0 Å². The van der Waals surface area contributed by atoms with Crippen LogP contribution in [0.4, 0.5) is 0 Å². The molecule has 0 aliphatic carbocycles. The lowest BCUT2D eigenvalue weighted by atomic mass is 10.00. The first-order chi connectivity index (χ1) is 17.9. The fourth-order valence-corrected chi connectivity index (χ4v) is 4.22. The van der Waals surface area contributed by atoms with Gasteiger partial charge in [0.2, 0.25) is 18.2 Å². The second-order valence-electron chi connectivity index (χ2n) is 8.89. The van der Waals surface area contributed by atoms with E-state index < -0.39 is 12.0 Å². The third-order valence-corrected chi connectivity index (χ3v) is 6.76. The summed E-state index contributed by atoms with van der Waals surface area (Å²) in [4.78, 5) is 46.4. The SMILES string of the molecule is CCCC.COC(=O)[C@H](CCSC)NC=O.O=C1CC[C@@H](C(=O)NCCN2CCc3ccccc3C2)N1. The van der Waals surface area contributed by atoms with Crippen molar-refractivity contribution in [1.82, 2.24) is 20.9 Å². The second-order valence-corrected chi connectivity index (χ2v) is 9.87. The summed E-state index contributed by atoms with van der Waals surface area (Å²) in [6.07, 6.45) is 7.84. The summed E-state index contributed by atoms with van der Waals surface area (Å²) < 4.78 is 4.49. The van der Waals surface area contributed by atoms with E-state index in [9.17, 15) is 19.2 Å². The topological polar surface area (TPSA) is 117 Å². The lowest BCUT2D eigenvalue weighted by molar-refractivity contribution is -0.144. The number of methoxy groups -OCH3 is 1. The summed E-state index contributed by atoms with van der Waals surface area (Å²) in [5, 5.41) is 8.01. The Hall–Kier alpha value is -2.59. The fourth-order valence-electron chi connectivity index (χ4n) is 3.75. The summed E-state index contributed by atoms with van der Waals surface area (Å²) in [6, 6.07) is 7.70. The number of hydrogen-bond acceptors (Lipinski definition) is 7. The molecule has 1 aromatic carbocycles. The van der Waals surface area contributed by atoms with Crippen molar-refractivity contribution in [2.45, 2.75) is 71.0 Å². The molecule has 3 rings (SSSR count). The molecule has 1 fully saturated rings. The predicted molar refractivity (Wildman–Crippen MR) is 148 cm³/mol. The van der Waals surface area contributed by atoms with Crippen molar-refractivity contribution in [3.8, 4) is 0 Å². The smallest absolute Gasteiger partial charge is 0.328 e. The molecule has 3 N–H and O–H groups in total. The highest BCUT2D eigenvalue weighted by molar-refractivity contribution is 7.98. The van der Waals surface area contributed by atoms with E-state index in [0.717, 1.165) is 31.8 Å². The van der Waals surface area contributed by atoms with Crippen LogP contribution < -0.4 is 16.0 Å². The molecule has 0 radical (unpaired) electrons. The zero-order chi connectivity index (χ0) is 27.5. The first-order valence-electron chi connectivity index (χ1n) is 13.0. The van der Waals surface area contributed by atoms with Crippen molar-refractivity contribution in [1.29, 1.82) is 0 Å². The van der Waals surface area contributed by atoms with Gasteiger partial charge < -0.3 is 20.7 Å². The molecule has 2 aliphatic heterocycles. The van der Waals surface area contributed by atoms with Gasteiger partial charge in [-0.25, -0.2) is 4.79 Å². The van der Waals surface area contributed by atoms with Gasteiger partial charge in [0, 0.05) is 32.6 Å². The maximum absolute atomic E-state index is 11.9. The summed E-state index contributed by atoms with van der Waals surface area (Å²) in [6.45, 7) is 7.83. The van der Waals surface area contributed by atoms with Gasteiger partial charge in [0.05, 0.1) is 7.11 Å². The maximum atomic E-state index is 11.9. The number of ether oxygens (including phenoxy) is 1. The molecule has 0 spiro atoms. The van der Waals surface area contributed by atoms with Crippen LogP contribution in [0.5, 0.6) is 0 Å². The number of esters is 1. The molecule has 3 amide bonds. The first-order valence-corrected chi connectivity index (χ1v) is 14.4. The van der Waals surface area contributed by atoms with Gasteiger partial charge in [0.15, 0.2) is 0 Å². The number of rotatable bonds is 11. The normalized spacial score (nSPS) is 17.0. The van der Waals surface area contributed by atoms with Gasteiger partial charge in [-0.3, -0.25) is 19.3 Å². The van der Waals surface area contributed by atoms with Crippen LogP contribution in [0.15, 0.2) is 24.3 Å². The number of amides is 3. The van der Waals surface area contributed by atoms with Crippen LogP contribution in [-0.2, 0) is 36.9 Å². The molecule has 1 saturated heterocycles. The zero-order valence-corrected chi connectivity index (χ0v) is 23.5. The number of benzene rings is 1. The Labute approximate surface area is 225 Å². The number of nitrogens with one attached hydrogen (secondary N) is 3. The molecule has 2 aliphatic rings. The summed E-state index contributed by atoms with van der Waals surface area (Å²) in [5.41, 5.74) is 2.82.